The molecule has 0 amide bonds. The second-order valence-electron chi connectivity index (χ2n) is 16.9. The zero-order valence-electron chi connectivity index (χ0n) is 37.2. The number of aromatic nitrogens is 4. The molecule has 0 aliphatic carbocycles. The second-order valence-corrected chi connectivity index (χ2v) is 16.9. The van der Waals surface area contributed by atoms with Crippen LogP contribution in [0.3, 0.4) is 0 Å². The Hall–Kier alpha value is -7.09. The summed E-state index contributed by atoms with van der Waals surface area (Å²) >= 11 is 0. The van der Waals surface area contributed by atoms with Gasteiger partial charge in [0.05, 0.1) is 55.1 Å². The summed E-state index contributed by atoms with van der Waals surface area (Å²) in [6.07, 6.45) is 2.88. The summed E-state index contributed by atoms with van der Waals surface area (Å²) in [5.74, 6) is 0.444. The summed E-state index contributed by atoms with van der Waals surface area (Å²) in [6, 6.07) is 27.6. The summed E-state index contributed by atoms with van der Waals surface area (Å²) in [4.78, 5) is 44.3. The third-order valence-electron chi connectivity index (χ3n) is 11.8. The van der Waals surface area contributed by atoms with E-state index < -0.39 is 29.7 Å². The highest BCUT2D eigenvalue weighted by atomic mass is 19.0. The van der Waals surface area contributed by atoms with Crippen molar-refractivity contribution in [1.82, 2.24) is 19.9 Å². The van der Waals surface area contributed by atoms with Crippen molar-refractivity contribution in [3.8, 4) is 33.8 Å². The molecule has 13 heteroatoms. The fraction of sp³-hybridized carbons (Fsp3) is 0.283. The number of nitrogens with zero attached hydrogens (tertiary/aromatic N) is 4. The Morgan fingerprint density at radius 3 is 1.58 bits per heavy atom. The van der Waals surface area contributed by atoms with Gasteiger partial charge < -0.3 is 28.8 Å². The van der Waals surface area contributed by atoms with Crippen LogP contribution in [-0.4, -0.2) is 70.0 Å². The minimum absolute atomic E-state index is 0. The number of methoxy groups -OCH3 is 2. The van der Waals surface area contributed by atoms with E-state index in [0.717, 1.165) is 90.2 Å². The van der Waals surface area contributed by atoms with Gasteiger partial charge in [0, 0.05) is 91.5 Å². The fourth-order valence-electron chi connectivity index (χ4n) is 9.06. The van der Waals surface area contributed by atoms with E-state index in [0.29, 0.717) is 35.7 Å². The largest absolute Gasteiger partial charge is 0.493 e. The molecule has 0 radical (unpaired) electrons. The lowest BCUT2D eigenvalue weighted by molar-refractivity contribution is -0.164. The predicted molar refractivity (Wildman–Crippen MR) is 255 cm³/mol. The number of ether oxygens (including phenoxy) is 5. The summed E-state index contributed by atoms with van der Waals surface area (Å²) in [5.41, 5.74) is 10.8. The van der Waals surface area contributed by atoms with Crippen LogP contribution in [0.15, 0.2) is 97.3 Å². The van der Waals surface area contributed by atoms with Crippen LogP contribution in [0.4, 0.5) is 4.70 Å². The van der Waals surface area contributed by atoms with Crippen LogP contribution in [-0.2, 0) is 36.6 Å². The van der Waals surface area contributed by atoms with E-state index in [2.05, 4.69) is 16.0 Å². The van der Waals surface area contributed by atoms with E-state index in [9.17, 15) is 14.7 Å². The maximum Gasteiger partial charge on any atom is 0.339 e. The van der Waals surface area contributed by atoms with Crippen LogP contribution in [0, 0.1) is 13.8 Å². The van der Waals surface area contributed by atoms with Crippen molar-refractivity contribution < 1.29 is 43.1 Å². The first-order valence-electron chi connectivity index (χ1n) is 21.3. The number of rotatable bonds is 7. The molecular formula is C53H53FN4O8. The number of hydrogen-bond acceptors (Lipinski definition) is 12. The third kappa shape index (κ3) is 8.36. The van der Waals surface area contributed by atoms with Crippen molar-refractivity contribution >= 4 is 55.6 Å². The maximum atomic E-state index is 13.1. The van der Waals surface area contributed by atoms with Crippen LogP contribution in [0.2, 0.25) is 0 Å². The zero-order chi connectivity index (χ0) is 44.9. The number of carbonyl (C=O) groups is 2. The van der Waals surface area contributed by atoms with Crippen molar-refractivity contribution in [2.45, 2.75) is 72.7 Å². The highest BCUT2D eigenvalue weighted by Gasteiger charge is 2.34. The van der Waals surface area contributed by atoms with Crippen LogP contribution < -0.4 is 9.47 Å². The molecule has 12 nitrogen and oxygen atoms in total. The van der Waals surface area contributed by atoms with Gasteiger partial charge in [-0.2, -0.15) is 0 Å². The van der Waals surface area contributed by atoms with Gasteiger partial charge in [0.15, 0.2) is 12.2 Å². The maximum absolute atomic E-state index is 13.1. The van der Waals surface area contributed by atoms with Crippen LogP contribution in [0.5, 0.6) is 11.5 Å². The van der Waals surface area contributed by atoms with Crippen molar-refractivity contribution in [2.24, 2.45) is 0 Å². The standard InChI is InChI=1S/C28H28N2O4.C24H20N2O4.CH4.FH/c1-16-22(26(27(31)32-5)34-28(2,3)4)24(18-8-6-7-9-20(18)30-16)19-10-11-21-23-17(13-15-33-21)12-14-29-25(19)23;1-13-19(23(27)24(28)29-2)21(15-5-3-4-6-17(15)26-13)16-7-8-18-20-14(10-12-30-18)9-11-25-22(16)20;;/h6-12,14,26H,13,15H2,1-5H3;3-9,11,23,27H,10,12H2,1-2H3;1H4;1H/t;23-;;/m.0../s1. The molecule has 1 N–H and O–H groups in total. The Morgan fingerprint density at radius 1 is 0.652 bits per heavy atom. The first-order valence-corrected chi connectivity index (χ1v) is 21.3. The second kappa shape index (κ2) is 18.8. The van der Waals surface area contributed by atoms with Crippen LogP contribution >= 0.6 is 0 Å². The first kappa shape index (κ1) is 46.9. The lowest BCUT2D eigenvalue weighted by Crippen LogP contribution is -2.29. The molecule has 4 aromatic heterocycles. The average molecular weight is 893 g/mol. The molecule has 340 valence electrons. The molecule has 10 rings (SSSR count). The fourth-order valence-corrected chi connectivity index (χ4v) is 9.06. The normalized spacial score (nSPS) is 13.6. The molecule has 2 aliphatic heterocycles. The predicted octanol–water partition coefficient (Wildman–Crippen LogP) is 10.4. The van der Waals surface area contributed by atoms with Gasteiger partial charge in [-0.15, -0.1) is 0 Å². The number of aliphatic hydroxyl groups is 1. The number of esters is 2. The zero-order valence-corrected chi connectivity index (χ0v) is 37.2. The van der Waals surface area contributed by atoms with Crippen molar-refractivity contribution in [1.29, 1.82) is 0 Å². The number of para-hydroxylation sites is 2. The molecule has 0 fully saturated rings. The Kier molecular flexibility index (Phi) is 13.3. The van der Waals surface area contributed by atoms with Gasteiger partial charge in [0.25, 0.3) is 0 Å². The Morgan fingerprint density at radius 2 is 1.11 bits per heavy atom. The van der Waals surface area contributed by atoms with Crippen molar-refractivity contribution in [2.75, 3.05) is 27.4 Å². The molecule has 2 atom stereocenters. The third-order valence-corrected chi connectivity index (χ3v) is 11.8. The molecule has 1 unspecified atom stereocenters. The summed E-state index contributed by atoms with van der Waals surface area (Å²) < 4.78 is 28.1. The molecule has 66 heavy (non-hydrogen) atoms. The van der Waals surface area contributed by atoms with E-state index in [1.165, 1.54) is 25.3 Å². The van der Waals surface area contributed by atoms with Gasteiger partial charge in [-0.1, -0.05) is 43.8 Å². The number of benzene rings is 4. The van der Waals surface area contributed by atoms with E-state index in [4.69, 9.17) is 33.7 Å². The minimum Gasteiger partial charge on any atom is -0.493 e. The Labute approximate surface area is 382 Å². The van der Waals surface area contributed by atoms with Crippen LogP contribution in [0.1, 0.15) is 74.0 Å². The van der Waals surface area contributed by atoms with Gasteiger partial charge >= 0.3 is 11.9 Å². The molecule has 0 spiro atoms. The highest BCUT2D eigenvalue weighted by molar-refractivity contribution is 6.09. The number of fused-ring (bicyclic) bond motifs is 2. The Balaban J connectivity index is 0.000000192. The number of halogens is 1. The first-order chi connectivity index (χ1) is 30.9. The van der Waals surface area contributed by atoms with E-state index in [1.54, 1.807) is 13.1 Å². The number of carbonyl (C=O) groups excluding carboxylic acids is 2. The molecule has 4 aromatic carbocycles. The number of hydrogen-bond donors (Lipinski definition) is 1. The van der Waals surface area contributed by atoms with E-state index in [-0.39, 0.29) is 12.1 Å². The smallest absolute Gasteiger partial charge is 0.339 e. The molecule has 8 aromatic rings. The number of aryl methyl sites for hydroxylation is 2. The molecule has 0 saturated heterocycles. The minimum atomic E-state index is -1.45. The van der Waals surface area contributed by atoms with Gasteiger partial charge in [-0.3, -0.25) is 24.6 Å². The molecule has 2 aliphatic rings. The monoisotopic (exact) mass is 892 g/mol. The van der Waals surface area contributed by atoms with Crippen molar-refractivity contribution in [3.05, 3.63) is 131 Å². The SMILES string of the molecule is C.COC(=O)C(OC(C)(C)C)c1c(C)nc2ccccc2c1-c1ccc2c3c(ccnc13)CCO2.COC(=O)[C@@H](O)c1c(C)nc2ccccc2c1-c1ccc2c3c(ccnc13)CCO2.F. The number of aliphatic hydroxyl groups excluding tert-OH is 1. The summed E-state index contributed by atoms with van der Waals surface area (Å²) in [7, 11) is 2.64. The lowest BCUT2D eigenvalue weighted by Gasteiger charge is -2.29. The molecule has 0 saturated carbocycles. The molecular weight excluding hydrogens is 840 g/mol. The lowest BCUT2D eigenvalue weighted by atomic mass is 9.88. The number of pyridine rings is 4. The van der Waals surface area contributed by atoms with Gasteiger partial charge in [-0.25, -0.2) is 9.59 Å². The summed E-state index contributed by atoms with van der Waals surface area (Å²) in [6.45, 7) is 10.8. The van der Waals surface area contributed by atoms with Crippen LogP contribution in [0.25, 0.3) is 65.9 Å². The van der Waals surface area contributed by atoms with Gasteiger partial charge in [-0.05, 0) is 94.3 Å². The highest BCUT2D eigenvalue weighted by Crippen LogP contribution is 2.46. The van der Waals surface area contributed by atoms with E-state index in [1.807, 2.05) is 113 Å². The molecule has 0 bridgehead atoms. The van der Waals surface area contributed by atoms with Crippen molar-refractivity contribution in [3.63, 3.8) is 0 Å². The Bertz CT molecular complexity index is 3150. The van der Waals surface area contributed by atoms with E-state index >= 15 is 0 Å². The quantitative estimate of drug-likeness (QED) is 0.152. The average Bonchev–Trinajstić information content (AvgIpc) is 3.30. The van der Waals surface area contributed by atoms with Gasteiger partial charge in [0.2, 0.25) is 0 Å². The molecule has 6 heterocycles. The van der Waals surface area contributed by atoms with Gasteiger partial charge in [0.1, 0.15) is 11.5 Å². The topological polar surface area (TPSA) is 152 Å². The summed E-state index contributed by atoms with van der Waals surface area (Å²) in [5, 5.41) is 14.6.